The number of methoxy groups -OCH3 is 1. The molecule has 0 fully saturated rings. The Kier molecular flexibility index (Phi) is 7.40. The average molecular weight is 458 g/mol. The van der Waals surface area contributed by atoms with Gasteiger partial charge in [0.2, 0.25) is 0 Å². The Balaban J connectivity index is 1.63. The average Bonchev–Trinajstić information content (AvgIpc) is 3.25. The van der Waals surface area contributed by atoms with E-state index in [-0.39, 0.29) is 18.8 Å². The van der Waals surface area contributed by atoms with Crippen LogP contribution in [0.5, 0.6) is 11.5 Å². The number of aromatic nitrogens is 2. The zero-order valence-electron chi connectivity index (χ0n) is 17.3. The van der Waals surface area contributed by atoms with E-state index < -0.39 is 10.8 Å². The number of rotatable bonds is 9. The molecule has 10 nitrogen and oxygen atoms in total. The third kappa shape index (κ3) is 5.82. The molecule has 2 aromatic carbocycles. The highest BCUT2D eigenvalue weighted by Gasteiger charge is 2.12. The number of carbonyl (C=O) groups is 1. The van der Waals surface area contributed by atoms with E-state index in [1.165, 1.54) is 13.3 Å². The molecule has 0 bridgehead atoms. The van der Waals surface area contributed by atoms with Crippen molar-refractivity contribution in [3.8, 4) is 11.5 Å². The molecule has 32 heavy (non-hydrogen) atoms. The molecule has 0 saturated heterocycles. The molecule has 0 saturated carbocycles. The largest absolute Gasteiger partial charge is 0.493 e. The second kappa shape index (κ2) is 10.4. The molecule has 11 heteroatoms. The summed E-state index contributed by atoms with van der Waals surface area (Å²) >= 11 is 6.16. The second-order valence-electron chi connectivity index (χ2n) is 6.63. The molecule has 0 atom stereocenters. The van der Waals surface area contributed by atoms with Gasteiger partial charge in [-0.3, -0.25) is 19.6 Å². The number of hydrogen-bond acceptors (Lipinski definition) is 7. The molecule has 0 aliphatic heterocycles. The minimum atomic E-state index is -0.584. The topological polar surface area (TPSA) is 121 Å². The minimum absolute atomic E-state index is 0.193. The van der Waals surface area contributed by atoms with Gasteiger partial charge in [-0.2, -0.15) is 10.2 Å². The van der Waals surface area contributed by atoms with Crippen molar-refractivity contribution in [1.82, 2.24) is 15.2 Å². The van der Waals surface area contributed by atoms with Crippen LogP contribution in [0.25, 0.3) is 0 Å². The number of benzene rings is 2. The highest BCUT2D eigenvalue weighted by Crippen LogP contribution is 2.29. The number of nitro groups is 1. The molecule has 1 N–H and O–H groups in total. The van der Waals surface area contributed by atoms with Crippen LogP contribution >= 0.6 is 11.6 Å². The van der Waals surface area contributed by atoms with Crippen molar-refractivity contribution in [1.29, 1.82) is 0 Å². The summed E-state index contributed by atoms with van der Waals surface area (Å²) in [6, 6.07) is 12.7. The third-order valence-electron chi connectivity index (χ3n) is 4.41. The normalized spacial score (nSPS) is 11.2. The van der Waals surface area contributed by atoms with E-state index in [4.69, 9.17) is 21.1 Å². The van der Waals surface area contributed by atoms with Crippen molar-refractivity contribution >= 4 is 28.9 Å². The number of carbonyl (C=O) groups excluding carboxylic acids is 1. The van der Waals surface area contributed by atoms with Gasteiger partial charge < -0.3 is 9.47 Å². The Hall–Kier alpha value is -3.92. The maximum Gasteiger partial charge on any atom is 0.307 e. The van der Waals surface area contributed by atoms with Gasteiger partial charge in [0.15, 0.2) is 11.5 Å². The summed E-state index contributed by atoms with van der Waals surface area (Å²) in [4.78, 5) is 22.1. The van der Waals surface area contributed by atoms with E-state index in [0.717, 1.165) is 16.4 Å². The van der Waals surface area contributed by atoms with E-state index in [1.807, 2.05) is 18.2 Å². The van der Waals surface area contributed by atoms with Crippen LogP contribution in [0.15, 0.2) is 60.0 Å². The number of amides is 1. The van der Waals surface area contributed by atoms with Gasteiger partial charge in [0, 0.05) is 16.1 Å². The first-order chi connectivity index (χ1) is 15.4. The van der Waals surface area contributed by atoms with Crippen LogP contribution in [0, 0.1) is 10.1 Å². The second-order valence-corrected chi connectivity index (χ2v) is 7.04. The molecule has 0 spiro atoms. The molecular formula is C21H20ClN5O5. The number of hydrogen-bond donors (Lipinski definition) is 1. The Bertz CT molecular complexity index is 1160. The fourth-order valence-corrected chi connectivity index (χ4v) is 2.90. The SMILES string of the molecule is COc1cc(/C(C)=N/NC(=O)Cn2cc([N+](=O)[O-])cn2)ccc1OCc1ccccc1Cl. The van der Waals surface area contributed by atoms with Crippen LogP contribution in [-0.2, 0) is 17.9 Å². The molecule has 0 aliphatic carbocycles. The molecular weight excluding hydrogens is 438 g/mol. The van der Waals surface area contributed by atoms with Crippen molar-refractivity contribution < 1.29 is 19.2 Å². The van der Waals surface area contributed by atoms with Crippen molar-refractivity contribution in [3.05, 3.63) is 81.1 Å². The van der Waals surface area contributed by atoms with Crippen LogP contribution in [-0.4, -0.2) is 33.4 Å². The number of ether oxygens (including phenoxy) is 2. The zero-order chi connectivity index (χ0) is 23.1. The van der Waals surface area contributed by atoms with Gasteiger partial charge in [0.25, 0.3) is 5.91 Å². The molecule has 0 unspecified atom stereocenters. The van der Waals surface area contributed by atoms with E-state index in [9.17, 15) is 14.9 Å². The molecule has 3 rings (SSSR count). The zero-order valence-corrected chi connectivity index (χ0v) is 18.1. The first-order valence-corrected chi connectivity index (χ1v) is 9.79. The van der Waals surface area contributed by atoms with Crippen molar-refractivity contribution in [2.75, 3.05) is 7.11 Å². The molecule has 1 amide bonds. The molecule has 1 heterocycles. The smallest absolute Gasteiger partial charge is 0.307 e. The lowest BCUT2D eigenvalue weighted by Crippen LogP contribution is -2.24. The maximum absolute atomic E-state index is 12.0. The van der Waals surface area contributed by atoms with Gasteiger partial charge in [-0.15, -0.1) is 0 Å². The van der Waals surface area contributed by atoms with E-state index in [0.29, 0.717) is 27.8 Å². The first-order valence-electron chi connectivity index (χ1n) is 9.42. The van der Waals surface area contributed by atoms with Gasteiger partial charge in [-0.25, -0.2) is 5.43 Å². The van der Waals surface area contributed by atoms with Crippen LogP contribution in [0.4, 0.5) is 5.69 Å². The van der Waals surface area contributed by atoms with Gasteiger partial charge >= 0.3 is 5.69 Å². The molecule has 166 valence electrons. The number of nitrogens with one attached hydrogen (secondary N) is 1. The Morgan fingerprint density at radius 2 is 2.06 bits per heavy atom. The van der Waals surface area contributed by atoms with Crippen molar-refractivity contribution in [2.45, 2.75) is 20.1 Å². The quantitative estimate of drug-likeness (QED) is 0.298. The molecule has 0 radical (unpaired) electrons. The number of nitrogens with zero attached hydrogens (tertiary/aromatic N) is 4. The van der Waals surface area contributed by atoms with Gasteiger partial charge in [0.05, 0.1) is 17.7 Å². The number of hydrazone groups is 1. The maximum atomic E-state index is 12.0. The predicted octanol–water partition coefficient (Wildman–Crippen LogP) is 3.57. The van der Waals surface area contributed by atoms with Crippen LogP contribution in [0.1, 0.15) is 18.1 Å². The summed E-state index contributed by atoms with van der Waals surface area (Å²) in [7, 11) is 1.53. The van der Waals surface area contributed by atoms with Crippen LogP contribution in [0.2, 0.25) is 5.02 Å². The van der Waals surface area contributed by atoms with E-state index in [2.05, 4.69) is 15.6 Å². The lowest BCUT2D eigenvalue weighted by Gasteiger charge is -2.13. The van der Waals surface area contributed by atoms with Crippen molar-refractivity contribution in [2.24, 2.45) is 5.10 Å². The summed E-state index contributed by atoms with van der Waals surface area (Å²) in [5.41, 5.74) is 4.30. The van der Waals surface area contributed by atoms with Crippen molar-refractivity contribution in [3.63, 3.8) is 0 Å². The lowest BCUT2D eigenvalue weighted by molar-refractivity contribution is -0.385. The van der Waals surface area contributed by atoms with Crippen LogP contribution in [0.3, 0.4) is 0 Å². The summed E-state index contributed by atoms with van der Waals surface area (Å²) in [6.07, 6.45) is 2.24. The fraction of sp³-hybridized carbons (Fsp3) is 0.190. The Morgan fingerprint density at radius 3 is 2.75 bits per heavy atom. The summed E-state index contributed by atoms with van der Waals surface area (Å²) in [5.74, 6) is 0.557. The van der Waals surface area contributed by atoms with Gasteiger partial charge in [-0.05, 0) is 31.2 Å². The van der Waals surface area contributed by atoms with Crippen LogP contribution < -0.4 is 14.9 Å². The third-order valence-corrected chi connectivity index (χ3v) is 4.78. The Labute approximate surface area is 188 Å². The minimum Gasteiger partial charge on any atom is -0.493 e. The highest BCUT2D eigenvalue weighted by atomic mass is 35.5. The van der Waals surface area contributed by atoms with E-state index in [1.54, 1.807) is 31.2 Å². The first kappa shape index (κ1) is 22.8. The summed E-state index contributed by atoms with van der Waals surface area (Å²) < 4.78 is 12.4. The molecule has 1 aromatic heterocycles. The standard InChI is InChI=1S/C21H20ClN5O5/c1-14(24-25-21(28)12-26-11-17(10-23-26)27(29)30)15-7-8-19(20(9-15)31-2)32-13-16-5-3-4-6-18(16)22/h3-11H,12-13H2,1-2H3,(H,25,28)/b24-14+. The summed E-state index contributed by atoms with van der Waals surface area (Å²) in [5, 5.41) is 19.1. The highest BCUT2D eigenvalue weighted by molar-refractivity contribution is 6.31. The lowest BCUT2D eigenvalue weighted by atomic mass is 10.1. The fourth-order valence-electron chi connectivity index (χ4n) is 2.71. The van der Waals surface area contributed by atoms with E-state index >= 15 is 0 Å². The molecule has 3 aromatic rings. The Morgan fingerprint density at radius 1 is 1.28 bits per heavy atom. The van der Waals surface area contributed by atoms with Gasteiger partial charge in [0.1, 0.15) is 25.5 Å². The summed E-state index contributed by atoms with van der Waals surface area (Å²) in [6.45, 7) is 1.80. The number of halogens is 1. The van der Waals surface area contributed by atoms with Gasteiger partial charge in [-0.1, -0.05) is 29.8 Å². The predicted molar refractivity (Wildman–Crippen MR) is 118 cm³/mol. The molecule has 0 aliphatic rings. The monoisotopic (exact) mass is 457 g/mol.